The first-order valence-corrected chi connectivity index (χ1v) is 18.4. The molecular formula is C50H39N. The van der Waals surface area contributed by atoms with E-state index in [-0.39, 0.29) is 22.9 Å². The van der Waals surface area contributed by atoms with Crippen LogP contribution in [-0.4, -0.2) is 12.1 Å². The Bertz CT molecular complexity index is 2370. The molecule has 0 amide bonds. The molecule has 4 unspecified atom stereocenters. The first kappa shape index (κ1) is 30.0. The van der Waals surface area contributed by atoms with E-state index in [1.807, 2.05) is 12.1 Å². The predicted octanol–water partition coefficient (Wildman–Crippen LogP) is 11.4. The van der Waals surface area contributed by atoms with Crippen molar-refractivity contribution in [3.63, 3.8) is 0 Å². The van der Waals surface area contributed by atoms with Crippen LogP contribution in [0, 0.1) is 12.1 Å². The normalized spacial score (nSPS) is 24.8. The molecule has 244 valence electrons. The fraction of sp³-hybridized carbons (Fsp3) is 0.160. The van der Waals surface area contributed by atoms with E-state index in [0.29, 0.717) is 0 Å². The molecule has 5 aliphatic carbocycles. The number of rotatable bonds is 5. The number of anilines is 1. The van der Waals surface area contributed by atoms with Gasteiger partial charge in [-0.05, 0) is 94.5 Å². The molecule has 0 aromatic heterocycles. The minimum absolute atomic E-state index is 0.0737. The van der Waals surface area contributed by atoms with Crippen LogP contribution in [-0.2, 0) is 10.8 Å². The minimum Gasteiger partial charge on any atom is -0.357 e. The molecule has 0 bridgehead atoms. The smallest absolute Gasteiger partial charge is 0.0689 e. The SMILES string of the molecule is CC1(c2ccccc2)C=CC=CC1N(c1cccc2c1-c1ccccc1C21C2=C(C=CCC2)c2ccccc21)C1C=CC(c2c#cccc2)=CC1. The molecule has 0 aliphatic heterocycles. The van der Waals surface area contributed by atoms with Crippen LogP contribution in [0.5, 0.6) is 0 Å². The van der Waals surface area contributed by atoms with E-state index in [4.69, 9.17) is 0 Å². The molecule has 0 saturated carbocycles. The van der Waals surface area contributed by atoms with Gasteiger partial charge in [0.15, 0.2) is 0 Å². The molecular weight excluding hydrogens is 615 g/mol. The zero-order chi connectivity index (χ0) is 34.0. The van der Waals surface area contributed by atoms with Gasteiger partial charge in [0.05, 0.1) is 17.5 Å². The van der Waals surface area contributed by atoms with E-state index in [9.17, 15) is 0 Å². The average molecular weight is 654 g/mol. The second-order valence-electron chi connectivity index (χ2n) is 14.6. The van der Waals surface area contributed by atoms with Gasteiger partial charge in [-0.2, -0.15) is 0 Å². The van der Waals surface area contributed by atoms with E-state index in [2.05, 4.69) is 182 Å². The average Bonchev–Trinajstić information content (AvgIpc) is 3.68. The van der Waals surface area contributed by atoms with Crippen LogP contribution in [0.4, 0.5) is 5.69 Å². The minimum atomic E-state index is -0.301. The van der Waals surface area contributed by atoms with Crippen LogP contribution in [0.25, 0.3) is 22.3 Å². The van der Waals surface area contributed by atoms with E-state index < -0.39 is 0 Å². The summed E-state index contributed by atoms with van der Waals surface area (Å²) in [4.78, 5) is 2.75. The molecule has 1 spiro atoms. The Labute approximate surface area is 302 Å². The number of hydrogen-bond acceptors (Lipinski definition) is 1. The van der Waals surface area contributed by atoms with E-state index in [1.165, 1.54) is 55.8 Å². The fourth-order valence-corrected chi connectivity index (χ4v) is 9.89. The van der Waals surface area contributed by atoms with Gasteiger partial charge in [-0.3, -0.25) is 0 Å². The van der Waals surface area contributed by atoms with E-state index in [1.54, 1.807) is 5.57 Å². The van der Waals surface area contributed by atoms with Gasteiger partial charge in [0.1, 0.15) is 0 Å². The molecule has 1 heteroatoms. The third-order valence-electron chi connectivity index (χ3n) is 12.1. The number of hydrogen-bond donors (Lipinski definition) is 0. The van der Waals surface area contributed by atoms with Crippen molar-refractivity contribution >= 4 is 16.8 Å². The van der Waals surface area contributed by atoms with Crippen LogP contribution in [0.15, 0.2) is 176 Å². The molecule has 0 N–H and O–H groups in total. The Kier molecular flexibility index (Phi) is 6.84. The van der Waals surface area contributed by atoms with Crippen molar-refractivity contribution in [3.8, 4) is 11.1 Å². The zero-order valence-corrected chi connectivity index (χ0v) is 28.9. The molecule has 0 radical (unpaired) electrons. The van der Waals surface area contributed by atoms with E-state index >= 15 is 0 Å². The van der Waals surface area contributed by atoms with Gasteiger partial charge < -0.3 is 4.90 Å². The summed E-state index contributed by atoms with van der Waals surface area (Å²) in [5.41, 5.74) is 15.7. The number of fused-ring (bicyclic) bond motifs is 9. The maximum Gasteiger partial charge on any atom is 0.0689 e. The van der Waals surface area contributed by atoms with Crippen molar-refractivity contribution in [2.24, 2.45) is 0 Å². The number of benzene rings is 4. The monoisotopic (exact) mass is 653 g/mol. The third-order valence-corrected chi connectivity index (χ3v) is 12.1. The molecule has 5 aromatic rings. The summed E-state index contributed by atoms with van der Waals surface area (Å²) < 4.78 is 0. The zero-order valence-electron chi connectivity index (χ0n) is 28.9. The number of nitrogens with zero attached hydrogens (tertiary/aromatic N) is 1. The topological polar surface area (TPSA) is 3.24 Å². The Morgan fingerprint density at radius 1 is 0.725 bits per heavy atom. The summed E-state index contributed by atoms with van der Waals surface area (Å²) in [5.74, 6) is 0. The highest BCUT2D eigenvalue weighted by molar-refractivity contribution is 6.00. The Morgan fingerprint density at radius 2 is 1.51 bits per heavy atom. The fourth-order valence-electron chi connectivity index (χ4n) is 9.89. The molecule has 51 heavy (non-hydrogen) atoms. The standard InChI is InChI=1S/C50H39N/c1-49(37-19-6-3-7-20-37)34-15-14-29-47(49)51(38-32-30-36(31-33-38)35-17-4-2-5-18-35)46-28-16-27-45-48(46)41-23-10-13-26-44(41)50(45)42-24-11-8-21-39(42)40-22-9-12-25-43(40)50/h2-4,6-11,13-17,19-24,26-32,34,38,47H,12,25,33H2,1H3. The van der Waals surface area contributed by atoms with Crippen molar-refractivity contribution in [1.82, 2.24) is 0 Å². The van der Waals surface area contributed by atoms with Crippen LogP contribution in [0.1, 0.15) is 59.6 Å². The molecule has 0 heterocycles. The van der Waals surface area contributed by atoms with Gasteiger partial charge in [-0.1, -0.05) is 164 Å². The largest absolute Gasteiger partial charge is 0.357 e. The van der Waals surface area contributed by atoms with Gasteiger partial charge in [0.25, 0.3) is 0 Å². The summed E-state index contributed by atoms with van der Waals surface area (Å²) in [6.45, 7) is 2.42. The summed E-state index contributed by atoms with van der Waals surface area (Å²) in [5, 5.41) is 0. The van der Waals surface area contributed by atoms with Gasteiger partial charge in [0.2, 0.25) is 0 Å². The second-order valence-corrected chi connectivity index (χ2v) is 14.6. The summed E-state index contributed by atoms with van der Waals surface area (Å²) in [7, 11) is 0. The summed E-state index contributed by atoms with van der Waals surface area (Å²) in [6.07, 6.45) is 24.3. The Hall–Kier alpha value is -5.84. The molecule has 0 saturated heterocycles. The van der Waals surface area contributed by atoms with Crippen LogP contribution in [0.2, 0.25) is 0 Å². The van der Waals surface area contributed by atoms with Crippen LogP contribution >= 0.6 is 0 Å². The maximum absolute atomic E-state index is 3.33. The summed E-state index contributed by atoms with van der Waals surface area (Å²) >= 11 is 0. The molecule has 4 atom stereocenters. The van der Waals surface area contributed by atoms with Crippen LogP contribution in [0.3, 0.4) is 0 Å². The van der Waals surface area contributed by atoms with Gasteiger partial charge >= 0.3 is 0 Å². The quantitative estimate of drug-likeness (QED) is 0.182. The molecule has 5 aliphatic rings. The number of allylic oxidation sites excluding steroid dienone is 8. The highest BCUT2D eigenvalue weighted by Gasteiger charge is 2.54. The third kappa shape index (κ3) is 4.30. The van der Waals surface area contributed by atoms with Gasteiger partial charge in [0, 0.05) is 22.2 Å². The lowest BCUT2D eigenvalue weighted by atomic mass is 9.68. The van der Waals surface area contributed by atoms with Crippen molar-refractivity contribution in [3.05, 3.63) is 221 Å². The van der Waals surface area contributed by atoms with Crippen molar-refractivity contribution in [2.75, 3.05) is 4.90 Å². The highest BCUT2D eigenvalue weighted by Crippen LogP contribution is 2.65. The van der Waals surface area contributed by atoms with Crippen LogP contribution < -0.4 is 4.90 Å². The highest BCUT2D eigenvalue weighted by atomic mass is 15.2. The van der Waals surface area contributed by atoms with E-state index in [0.717, 1.165) is 24.8 Å². The Morgan fingerprint density at radius 3 is 2.31 bits per heavy atom. The lowest BCUT2D eigenvalue weighted by molar-refractivity contribution is 0.460. The lowest BCUT2D eigenvalue weighted by Gasteiger charge is -2.48. The van der Waals surface area contributed by atoms with Gasteiger partial charge in [-0.15, -0.1) is 0 Å². The second kappa shape index (κ2) is 11.6. The maximum atomic E-state index is 3.33. The predicted molar refractivity (Wildman–Crippen MR) is 211 cm³/mol. The van der Waals surface area contributed by atoms with Crippen molar-refractivity contribution < 1.29 is 0 Å². The molecule has 5 aromatic carbocycles. The first-order valence-electron chi connectivity index (χ1n) is 18.4. The Balaban J connectivity index is 1.21. The van der Waals surface area contributed by atoms with Gasteiger partial charge in [-0.25, -0.2) is 0 Å². The molecule has 10 rings (SSSR count). The van der Waals surface area contributed by atoms with Crippen molar-refractivity contribution in [1.29, 1.82) is 0 Å². The van der Waals surface area contributed by atoms with Crippen molar-refractivity contribution in [2.45, 2.75) is 49.1 Å². The lowest BCUT2D eigenvalue weighted by Crippen LogP contribution is -2.52. The summed E-state index contributed by atoms with van der Waals surface area (Å²) in [6, 6.07) is 49.5. The molecule has 0 fully saturated rings. The first-order chi connectivity index (χ1) is 25.2. The molecule has 1 nitrogen and oxygen atoms in total.